The van der Waals surface area contributed by atoms with Crippen LogP contribution in [0.25, 0.3) is 0 Å². The normalized spacial score (nSPS) is 16.2. The molecule has 2 aromatic rings. The number of aliphatic hydroxyl groups is 1. The van der Waals surface area contributed by atoms with Crippen molar-refractivity contribution < 1.29 is 15.0 Å². The molecule has 0 aromatic heterocycles. The van der Waals surface area contributed by atoms with Gasteiger partial charge in [0.05, 0.1) is 11.3 Å². The number of carbonyl (C=O) groups is 1. The Kier molecular flexibility index (Phi) is 7.47. The molecular formula is C22H29ClN2O3. The molecule has 2 N–H and O–H groups in total. The van der Waals surface area contributed by atoms with Crippen LogP contribution in [-0.4, -0.2) is 39.8 Å². The van der Waals surface area contributed by atoms with Crippen molar-refractivity contribution in [3.63, 3.8) is 0 Å². The highest BCUT2D eigenvalue weighted by molar-refractivity contribution is 5.92. The summed E-state index contributed by atoms with van der Waals surface area (Å²) in [7, 11) is 0. The molecule has 0 saturated carbocycles. The lowest BCUT2D eigenvalue weighted by atomic mass is 9.85. The molecule has 0 radical (unpaired) electrons. The second-order valence-electron chi connectivity index (χ2n) is 7.42. The summed E-state index contributed by atoms with van der Waals surface area (Å²) in [6, 6.07) is 14.9. The predicted molar refractivity (Wildman–Crippen MR) is 114 cm³/mol. The minimum Gasteiger partial charge on any atom is -0.508 e. The van der Waals surface area contributed by atoms with E-state index in [0.717, 1.165) is 11.3 Å². The number of rotatable bonds is 5. The lowest BCUT2D eigenvalue weighted by Gasteiger charge is -2.43. The standard InChI is InChI=1S/C22H28N2O3.ClH/c1-3-21(26)24(19-8-10-20(25)11-9-19)23-14-12-22(27,13-15-23)16-18-6-4-17(2)5-7-18;/h4-11,25,27H,3,12-16H2,1-2H3;1H. The Balaban J connectivity index is 0.00000280. The first kappa shape index (κ1) is 22.2. The average molecular weight is 405 g/mol. The maximum Gasteiger partial charge on any atom is 0.241 e. The van der Waals surface area contributed by atoms with Crippen LogP contribution in [0.3, 0.4) is 0 Å². The summed E-state index contributed by atoms with van der Waals surface area (Å²) in [6.45, 7) is 5.11. The Hall–Kier alpha value is -2.08. The zero-order chi connectivity index (χ0) is 19.4. The summed E-state index contributed by atoms with van der Waals surface area (Å²) in [5, 5.41) is 24.2. The maximum atomic E-state index is 12.5. The molecule has 0 bridgehead atoms. The summed E-state index contributed by atoms with van der Waals surface area (Å²) < 4.78 is 0. The van der Waals surface area contributed by atoms with Crippen molar-refractivity contribution in [1.29, 1.82) is 0 Å². The third-order valence-electron chi connectivity index (χ3n) is 5.24. The Labute approximate surface area is 173 Å². The Bertz CT molecular complexity index is 769. The van der Waals surface area contributed by atoms with Gasteiger partial charge in [-0.25, -0.2) is 10.0 Å². The van der Waals surface area contributed by atoms with Gasteiger partial charge in [0.25, 0.3) is 0 Å². The molecule has 1 amide bonds. The molecule has 1 fully saturated rings. The number of amides is 1. The van der Waals surface area contributed by atoms with E-state index in [0.29, 0.717) is 38.8 Å². The largest absolute Gasteiger partial charge is 0.508 e. The predicted octanol–water partition coefficient (Wildman–Crippen LogP) is 3.85. The van der Waals surface area contributed by atoms with Crippen molar-refractivity contribution in [2.45, 2.75) is 45.1 Å². The van der Waals surface area contributed by atoms with Crippen LogP contribution in [0.15, 0.2) is 48.5 Å². The van der Waals surface area contributed by atoms with Crippen molar-refractivity contribution in [2.24, 2.45) is 0 Å². The highest BCUT2D eigenvalue weighted by Crippen LogP contribution is 2.30. The number of anilines is 1. The van der Waals surface area contributed by atoms with Crippen LogP contribution in [0.5, 0.6) is 5.75 Å². The first-order valence-corrected chi connectivity index (χ1v) is 9.55. The van der Waals surface area contributed by atoms with Gasteiger partial charge >= 0.3 is 0 Å². The summed E-state index contributed by atoms with van der Waals surface area (Å²) in [6.07, 6.45) is 2.23. The van der Waals surface area contributed by atoms with E-state index >= 15 is 0 Å². The smallest absolute Gasteiger partial charge is 0.241 e. The number of aromatic hydroxyl groups is 1. The molecule has 152 valence electrons. The van der Waals surface area contributed by atoms with Gasteiger partial charge in [-0.3, -0.25) is 4.79 Å². The first-order valence-electron chi connectivity index (χ1n) is 9.55. The number of nitrogens with zero attached hydrogens (tertiary/aromatic N) is 2. The van der Waals surface area contributed by atoms with Crippen molar-refractivity contribution in [3.8, 4) is 5.75 Å². The zero-order valence-electron chi connectivity index (χ0n) is 16.5. The molecule has 5 nitrogen and oxygen atoms in total. The Morgan fingerprint density at radius 2 is 1.64 bits per heavy atom. The molecule has 28 heavy (non-hydrogen) atoms. The first-order chi connectivity index (χ1) is 12.9. The van der Waals surface area contributed by atoms with Crippen molar-refractivity contribution in [3.05, 3.63) is 59.7 Å². The number of hydrazine groups is 1. The number of benzene rings is 2. The van der Waals surface area contributed by atoms with Crippen molar-refractivity contribution >= 4 is 24.0 Å². The number of hydrogen-bond acceptors (Lipinski definition) is 4. The number of phenols is 1. The second-order valence-corrected chi connectivity index (χ2v) is 7.42. The molecule has 0 spiro atoms. The van der Waals surface area contributed by atoms with Crippen LogP contribution in [0.1, 0.15) is 37.3 Å². The van der Waals surface area contributed by atoms with Crippen LogP contribution in [0.2, 0.25) is 0 Å². The lowest BCUT2D eigenvalue weighted by molar-refractivity contribution is -0.123. The summed E-state index contributed by atoms with van der Waals surface area (Å²) in [4.78, 5) is 12.5. The fraction of sp³-hybridized carbons (Fsp3) is 0.409. The summed E-state index contributed by atoms with van der Waals surface area (Å²) >= 11 is 0. The molecule has 6 heteroatoms. The van der Waals surface area contributed by atoms with E-state index in [2.05, 4.69) is 31.2 Å². The van der Waals surface area contributed by atoms with Crippen LogP contribution < -0.4 is 5.01 Å². The topological polar surface area (TPSA) is 64.0 Å². The monoisotopic (exact) mass is 404 g/mol. The van der Waals surface area contributed by atoms with Crippen LogP contribution in [0, 0.1) is 6.92 Å². The molecule has 0 aliphatic carbocycles. The maximum absolute atomic E-state index is 12.5. The third-order valence-corrected chi connectivity index (χ3v) is 5.24. The van der Waals surface area contributed by atoms with E-state index in [1.54, 1.807) is 29.3 Å². The summed E-state index contributed by atoms with van der Waals surface area (Å²) in [5.74, 6) is 0.179. The highest BCUT2D eigenvalue weighted by Gasteiger charge is 2.35. The van der Waals surface area contributed by atoms with E-state index in [4.69, 9.17) is 0 Å². The van der Waals surface area contributed by atoms with Gasteiger partial charge < -0.3 is 10.2 Å². The lowest BCUT2D eigenvalue weighted by Crippen LogP contribution is -2.54. The van der Waals surface area contributed by atoms with Crippen LogP contribution in [0.4, 0.5) is 5.69 Å². The highest BCUT2D eigenvalue weighted by atomic mass is 35.5. The summed E-state index contributed by atoms with van der Waals surface area (Å²) in [5.41, 5.74) is 2.34. The molecule has 1 aliphatic heterocycles. The molecular weight excluding hydrogens is 376 g/mol. The van der Waals surface area contributed by atoms with E-state index < -0.39 is 5.60 Å². The number of halogens is 1. The number of piperidine rings is 1. The van der Waals surface area contributed by atoms with E-state index in [9.17, 15) is 15.0 Å². The quantitative estimate of drug-likeness (QED) is 0.794. The number of hydrogen-bond donors (Lipinski definition) is 2. The van der Waals surface area contributed by atoms with Crippen molar-refractivity contribution in [2.75, 3.05) is 18.1 Å². The molecule has 0 atom stereocenters. The Morgan fingerprint density at radius 3 is 2.18 bits per heavy atom. The van der Waals surface area contributed by atoms with Gasteiger partial charge in [-0.1, -0.05) is 36.8 Å². The molecule has 1 saturated heterocycles. The molecule has 1 aliphatic rings. The average Bonchev–Trinajstić information content (AvgIpc) is 2.67. The van der Waals surface area contributed by atoms with Crippen LogP contribution >= 0.6 is 12.4 Å². The minimum absolute atomic E-state index is 0. The van der Waals surface area contributed by atoms with Gasteiger partial charge in [0.15, 0.2) is 0 Å². The number of carbonyl (C=O) groups excluding carboxylic acids is 1. The van der Waals surface area contributed by atoms with Gasteiger partial charge in [-0.2, -0.15) is 0 Å². The van der Waals surface area contributed by atoms with Crippen molar-refractivity contribution in [1.82, 2.24) is 5.01 Å². The molecule has 2 aromatic carbocycles. The van der Waals surface area contributed by atoms with E-state index in [1.165, 1.54) is 5.56 Å². The van der Waals surface area contributed by atoms with Crippen LogP contribution in [-0.2, 0) is 11.2 Å². The van der Waals surface area contributed by atoms with E-state index in [-0.39, 0.29) is 24.1 Å². The van der Waals surface area contributed by atoms with Gasteiger partial charge in [0, 0.05) is 25.9 Å². The van der Waals surface area contributed by atoms with Gasteiger partial charge in [-0.05, 0) is 49.6 Å². The number of phenolic OH excluding ortho intramolecular Hbond substituents is 1. The fourth-order valence-electron chi connectivity index (χ4n) is 3.58. The van der Waals surface area contributed by atoms with Gasteiger partial charge in [0.2, 0.25) is 5.91 Å². The number of aryl methyl sites for hydroxylation is 1. The zero-order valence-corrected chi connectivity index (χ0v) is 17.3. The Morgan fingerprint density at radius 1 is 1.07 bits per heavy atom. The van der Waals surface area contributed by atoms with Gasteiger partial charge in [0.1, 0.15) is 5.75 Å². The van der Waals surface area contributed by atoms with E-state index in [1.807, 2.05) is 11.9 Å². The third kappa shape index (κ3) is 5.25. The SMILES string of the molecule is CCC(=O)N(c1ccc(O)cc1)N1CCC(O)(Cc2ccc(C)cc2)CC1.Cl. The molecule has 3 rings (SSSR count). The minimum atomic E-state index is -0.748. The van der Waals surface area contributed by atoms with Gasteiger partial charge in [-0.15, -0.1) is 12.4 Å². The molecule has 1 heterocycles. The second kappa shape index (κ2) is 9.41. The molecule has 0 unspecified atom stereocenters. The fourth-order valence-corrected chi connectivity index (χ4v) is 3.58.